The highest BCUT2D eigenvalue weighted by Crippen LogP contribution is 2.31. The zero-order valence-corrected chi connectivity index (χ0v) is 18.2. The number of hydrogen-bond donors (Lipinski definition) is 1. The fraction of sp³-hybridized carbons (Fsp3) is 0.417. The van der Waals surface area contributed by atoms with Crippen molar-refractivity contribution in [1.82, 2.24) is 10.2 Å². The summed E-state index contributed by atoms with van der Waals surface area (Å²) in [6.07, 6.45) is 0.662. The standard InChI is InChI=1S/C24H29FN2O4/c1-16(2)26-24(29)17(3)27(15-19-6-4-5-7-20(19)25)23(28)11-9-18-8-10-21-22(14-18)31-13-12-30-21/h4-8,10,14,16-17H,9,11-13,15H2,1-3H3,(H,26,29). The van der Waals surface area contributed by atoms with Gasteiger partial charge in [0, 0.05) is 24.6 Å². The number of nitrogens with one attached hydrogen (secondary N) is 1. The van der Waals surface area contributed by atoms with Gasteiger partial charge in [-0.05, 0) is 51.0 Å². The Morgan fingerprint density at radius 1 is 1.06 bits per heavy atom. The zero-order valence-electron chi connectivity index (χ0n) is 18.2. The molecule has 2 aromatic rings. The van der Waals surface area contributed by atoms with E-state index >= 15 is 0 Å². The van der Waals surface area contributed by atoms with Crippen molar-refractivity contribution in [2.75, 3.05) is 13.2 Å². The summed E-state index contributed by atoms with van der Waals surface area (Å²) in [4.78, 5) is 27.1. The van der Waals surface area contributed by atoms with E-state index in [2.05, 4.69) is 5.32 Å². The molecule has 1 aliphatic heterocycles. The van der Waals surface area contributed by atoms with Crippen molar-refractivity contribution in [3.05, 3.63) is 59.4 Å². The highest BCUT2D eigenvalue weighted by atomic mass is 19.1. The third kappa shape index (κ3) is 5.96. The predicted molar refractivity (Wildman–Crippen MR) is 115 cm³/mol. The van der Waals surface area contributed by atoms with Gasteiger partial charge in [-0.2, -0.15) is 0 Å². The van der Waals surface area contributed by atoms with E-state index in [1.165, 1.54) is 11.0 Å². The van der Waals surface area contributed by atoms with Crippen molar-refractivity contribution >= 4 is 11.8 Å². The lowest BCUT2D eigenvalue weighted by Gasteiger charge is -2.29. The lowest BCUT2D eigenvalue weighted by atomic mass is 10.1. The number of nitrogens with zero attached hydrogens (tertiary/aromatic N) is 1. The van der Waals surface area contributed by atoms with Gasteiger partial charge in [0.2, 0.25) is 11.8 Å². The van der Waals surface area contributed by atoms with Crippen LogP contribution in [0.25, 0.3) is 0 Å². The van der Waals surface area contributed by atoms with E-state index in [0.29, 0.717) is 36.7 Å². The van der Waals surface area contributed by atoms with Crippen molar-refractivity contribution in [3.63, 3.8) is 0 Å². The first-order chi connectivity index (χ1) is 14.8. The summed E-state index contributed by atoms with van der Waals surface area (Å²) in [6.45, 7) is 6.42. The van der Waals surface area contributed by atoms with Gasteiger partial charge in [0.15, 0.2) is 11.5 Å². The van der Waals surface area contributed by atoms with Gasteiger partial charge < -0.3 is 19.7 Å². The minimum Gasteiger partial charge on any atom is -0.486 e. The molecule has 0 radical (unpaired) electrons. The van der Waals surface area contributed by atoms with Crippen LogP contribution in [0.2, 0.25) is 0 Å². The Hall–Kier alpha value is -3.09. The molecule has 0 saturated carbocycles. The van der Waals surface area contributed by atoms with Crippen molar-refractivity contribution in [1.29, 1.82) is 0 Å². The second kappa shape index (κ2) is 10.3. The van der Waals surface area contributed by atoms with Crippen LogP contribution in [-0.2, 0) is 22.6 Å². The number of benzene rings is 2. The average Bonchev–Trinajstić information content (AvgIpc) is 2.76. The quantitative estimate of drug-likeness (QED) is 0.699. The van der Waals surface area contributed by atoms with Crippen molar-refractivity contribution in [2.45, 2.75) is 52.2 Å². The topological polar surface area (TPSA) is 67.9 Å². The number of carbonyl (C=O) groups excluding carboxylic acids is 2. The third-order valence-electron chi connectivity index (χ3n) is 5.13. The van der Waals surface area contributed by atoms with Crippen LogP contribution in [0.5, 0.6) is 11.5 Å². The highest BCUT2D eigenvalue weighted by molar-refractivity contribution is 5.87. The molecule has 1 atom stereocenters. The van der Waals surface area contributed by atoms with Crippen molar-refractivity contribution < 1.29 is 23.5 Å². The molecule has 0 aromatic heterocycles. The minimum absolute atomic E-state index is 0.0271. The van der Waals surface area contributed by atoms with E-state index in [4.69, 9.17) is 9.47 Å². The number of halogens is 1. The lowest BCUT2D eigenvalue weighted by Crippen LogP contribution is -2.49. The van der Waals surface area contributed by atoms with Crippen molar-refractivity contribution in [3.8, 4) is 11.5 Å². The Morgan fingerprint density at radius 3 is 2.48 bits per heavy atom. The largest absolute Gasteiger partial charge is 0.486 e. The second-order valence-corrected chi connectivity index (χ2v) is 7.93. The first-order valence-corrected chi connectivity index (χ1v) is 10.6. The molecule has 3 rings (SSSR count). The molecule has 1 unspecified atom stereocenters. The van der Waals surface area contributed by atoms with Gasteiger partial charge in [0.25, 0.3) is 0 Å². The Bertz CT molecular complexity index is 932. The summed E-state index contributed by atoms with van der Waals surface area (Å²) in [6, 6.07) is 11.1. The summed E-state index contributed by atoms with van der Waals surface area (Å²) >= 11 is 0. The molecule has 6 nitrogen and oxygen atoms in total. The summed E-state index contributed by atoms with van der Waals surface area (Å²) in [5.74, 6) is 0.484. The number of carbonyl (C=O) groups is 2. The smallest absolute Gasteiger partial charge is 0.242 e. The van der Waals surface area contributed by atoms with Crippen LogP contribution in [0.4, 0.5) is 4.39 Å². The third-order valence-corrected chi connectivity index (χ3v) is 5.13. The van der Waals surface area contributed by atoms with E-state index in [0.717, 1.165) is 5.56 Å². The Balaban J connectivity index is 1.73. The molecule has 1 heterocycles. The van der Waals surface area contributed by atoms with E-state index in [1.807, 2.05) is 32.0 Å². The molecule has 31 heavy (non-hydrogen) atoms. The molecule has 0 aliphatic carbocycles. The Morgan fingerprint density at radius 2 is 1.77 bits per heavy atom. The van der Waals surface area contributed by atoms with Gasteiger partial charge in [0.05, 0.1) is 0 Å². The molecular weight excluding hydrogens is 399 g/mol. The maximum Gasteiger partial charge on any atom is 0.242 e. The van der Waals surface area contributed by atoms with Crippen LogP contribution in [0.15, 0.2) is 42.5 Å². The molecule has 2 aromatic carbocycles. The molecule has 0 bridgehead atoms. The van der Waals surface area contributed by atoms with Crippen LogP contribution < -0.4 is 14.8 Å². The molecule has 0 fully saturated rings. The number of ether oxygens (including phenoxy) is 2. The Labute approximate surface area is 182 Å². The summed E-state index contributed by atoms with van der Waals surface area (Å²) < 4.78 is 25.4. The monoisotopic (exact) mass is 428 g/mol. The predicted octanol–water partition coefficient (Wildman–Crippen LogP) is 3.47. The van der Waals surface area contributed by atoms with Gasteiger partial charge in [-0.3, -0.25) is 9.59 Å². The molecular formula is C24H29FN2O4. The van der Waals surface area contributed by atoms with Crippen LogP contribution in [0, 0.1) is 5.82 Å². The van der Waals surface area contributed by atoms with Crippen LogP contribution >= 0.6 is 0 Å². The van der Waals surface area contributed by atoms with Crippen molar-refractivity contribution in [2.24, 2.45) is 0 Å². The fourth-order valence-electron chi connectivity index (χ4n) is 3.44. The van der Waals surface area contributed by atoms with Crippen LogP contribution in [-0.4, -0.2) is 42.0 Å². The number of hydrogen-bond acceptors (Lipinski definition) is 4. The normalized spacial score (nSPS) is 13.6. The van der Waals surface area contributed by atoms with Gasteiger partial charge in [0.1, 0.15) is 25.1 Å². The maximum absolute atomic E-state index is 14.2. The molecule has 1 aliphatic rings. The van der Waals surface area contributed by atoms with Gasteiger partial charge in [-0.1, -0.05) is 24.3 Å². The van der Waals surface area contributed by atoms with Crippen LogP contribution in [0.1, 0.15) is 38.3 Å². The Kier molecular flexibility index (Phi) is 7.50. The molecule has 166 valence electrons. The average molecular weight is 429 g/mol. The number of amides is 2. The van der Waals surface area contributed by atoms with E-state index in [-0.39, 0.29) is 30.8 Å². The molecule has 0 spiro atoms. The molecule has 7 heteroatoms. The SMILES string of the molecule is CC(C)NC(=O)C(C)N(Cc1ccccc1F)C(=O)CCc1ccc2c(c1)OCCO2. The molecule has 1 N–H and O–H groups in total. The second-order valence-electron chi connectivity index (χ2n) is 7.93. The van der Waals surface area contributed by atoms with Crippen LogP contribution in [0.3, 0.4) is 0 Å². The minimum atomic E-state index is -0.727. The zero-order chi connectivity index (χ0) is 22.4. The molecule has 2 amide bonds. The number of fused-ring (bicyclic) bond motifs is 1. The van der Waals surface area contributed by atoms with Gasteiger partial charge in [-0.25, -0.2) is 4.39 Å². The summed E-state index contributed by atoms with van der Waals surface area (Å²) in [7, 11) is 0. The number of rotatable bonds is 8. The van der Waals surface area contributed by atoms with E-state index < -0.39 is 11.9 Å². The maximum atomic E-state index is 14.2. The summed E-state index contributed by atoms with van der Waals surface area (Å²) in [5, 5.41) is 2.83. The fourth-order valence-corrected chi connectivity index (χ4v) is 3.44. The van der Waals surface area contributed by atoms with Gasteiger partial charge >= 0.3 is 0 Å². The number of aryl methyl sites for hydroxylation is 1. The highest BCUT2D eigenvalue weighted by Gasteiger charge is 2.27. The van der Waals surface area contributed by atoms with Gasteiger partial charge in [-0.15, -0.1) is 0 Å². The molecule has 0 saturated heterocycles. The first kappa shape index (κ1) is 22.6. The lowest BCUT2D eigenvalue weighted by molar-refractivity contribution is -0.140. The van der Waals surface area contributed by atoms with E-state index in [9.17, 15) is 14.0 Å². The van der Waals surface area contributed by atoms with E-state index in [1.54, 1.807) is 25.1 Å². The summed E-state index contributed by atoms with van der Waals surface area (Å²) in [5.41, 5.74) is 1.31. The first-order valence-electron chi connectivity index (χ1n) is 10.6.